The topological polar surface area (TPSA) is 188 Å². The molecule has 0 spiro atoms. The zero-order valence-electron chi connectivity index (χ0n) is 62.9. The Morgan fingerprint density at radius 3 is 0.567 bits per heavy atom. The van der Waals surface area contributed by atoms with E-state index in [0.717, 1.165) is 0 Å². The van der Waals surface area contributed by atoms with Crippen molar-refractivity contribution in [2.45, 2.75) is 12.4 Å². The van der Waals surface area contributed by atoms with Crippen LogP contribution in [0.25, 0.3) is 203 Å². The first-order valence-corrected chi connectivity index (χ1v) is 38.2. The highest BCUT2D eigenvalue weighted by Crippen LogP contribution is 2.47. The van der Waals surface area contributed by atoms with Crippen molar-refractivity contribution in [3.8, 4) is 165 Å². The van der Waals surface area contributed by atoms with E-state index in [1.165, 1.54) is 12.1 Å². The molecule has 0 aliphatic carbocycles. The van der Waals surface area contributed by atoms with E-state index in [-0.39, 0.29) is 51.9 Å². The van der Waals surface area contributed by atoms with Gasteiger partial charge in [0.25, 0.3) is 0 Å². The summed E-state index contributed by atoms with van der Waals surface area (Å²) in [6.45, 7) is 0. The standard InChI is InChI=1S/C99H57F6N15/c100-98(101,102)73-49-71(50-74(57-73)99(103,104)105)72-55-84(119-80-51-67(94-111-86(59-25-9-1-10-26-59)107-87(112-94)60-27-11-2-12-28-60)41-45-75(80)76-46-42-68(52-81(76)119)95-113-88(61-29-13-3-14-30-61)108-89(114-95)62-31-15-4-16-32-62)79(58-106)85(56-72)120-82-53-69(96-115-90(63-33-17-5-18-34-63)109-91(116-96)64-35-19-6-20-36-64)43-47-77(82)78-48-44-70(54-83(78)120)97-117-92(65-37-21-7-22-38-65)110-93(118-97)66-39-23-8-24-40-66/h1-57H. The van der Waals surface area contributed by atoms with E-state index in [1.807, 2.05) is 325 Å². The lowest BCUT2D eigenvalue weighted by Gasteiger charge is -2.20. The molecular formula is C99H57F6N15. The quantitative estimate of drug-likeness (QED) is 0.0883. The molecule has 570 valence electrons. The van der Waals surface area contributed by atoms with Crippen LogP contribution in [-0.4, -0.2) is 68.9 Å². The average molecular weight is 1570 g/mol. The van der Waals surface area contributed by atoms with Crippen molar-refractivity contribution in [3.63, 3.8) is 0 Å². The summed E-state index contributed by atoms with van der Waals surface area (Å²) in [6, 6.07) is 105. The van der Waals surface area contributed by atoms with Gasteiger partial charge < -0.3 is 9.13 Å². The number of aromatic nitrogens is 14. The summed E-state index contributed by atoms with van der Waals surface area (Å²) in [4.78, 5) is 61.2. The molecule has 6 aromatic heterocycles. The molecule has 20 rings (SSSR count). The van der Waals surface area contributed by atoms with Gasteiger partial charge in [-0.2, -0.15) is 31.6 Å². The summed E-state index contributed by atoms with van der Waals surface area (Å²) in [5.74, 6) is 3.89. The third-order valence-electron chi connectivity index (χ3n) is 21.0. The van der Waals surface area contributed by atoms with Crippen LogP contribution in [0.4, 0.5) is 26.3 Å². The third kappa shape index (κ3) is 13.8. The van der Waals surface area contributed by atoms with Crippen LogP contribution in [-0.2, 0) is 12.4 Å². The highest BCUT2D eigenvalue weighted by molar-refractivity contribution is 6.13. The molecule has 6 heterocycles. The Hall–Kier alpha value is -16.2. The van der Waals surface area contributed by atoms with Gasteiger partial charge >= 0.3 is 12.4 Å². The molecule has 0 bridgehead atoms. The summed E-state index contributed by atoms with van der Waals surface area (Å²) in [5, 5.41) is 15.2. The van der Waals surface area contributed by atoms with E-state index in [4.69, 9.17) is 59.8 Å². The fourth-order valence-electron chi connectivity index (χ4n) is 15.2. The second-order valence-corrected chi connectivity index (χ2v) is 28.5. The molecule has 0 aliphatic heterocycles. The van der Waals surface area contributed by atoms with Gasteiger partial charge in [0.2, 0.25) is 0 Å². The molecule has 0 saturated heterocycles. The van der Waals surface area contributed by atoms with Crippen LogP contribution in [0.5, 0.6) is 0 Å². The normalized spacial score (nSPS) is 11.7. The highest BCUT2D eigenvalue weighted by Gasteiger charge is 2.38. The molecule has 14 aromatic carbocycles. The molecule has 0 amide bonds. The average Bonchev–Trinajstić information content (AvgIpc) is 1.55. The maximum absolute atomic E-state index is 15.7. The van der Waals surface area contributed by atoms with Crippen LogP contribution >= 0.6 is 0 Å². The molecule has 20 aromatic rings. The first-order valence-electron chi connectivity index (χ1n) is 38.2. The lowest BCUT2D eigenvalue weighted by atomic mass is 9.96. The minimum atomic E-state index is -5.29. The largest absolute Gasteiger partial charge is 0.416 e. The van der Waals surface area contributed by atoms with E-state index < -0.39 is 29.0 Å². The van der Waals surface area contributed by atoms with Crippen molar-refractivity contribution in [3.05, 3.63) is 362 Å². The van der Waals surface area contributed by atoms with Crippen molar-refractivity contribution in [1.82, 2.24) is 68.9 Å². The van der Waals surface area contributed by atoms with E-state index in [2.05, 4.69) is 6.07 Å². The van der Waals surface area contributed by atoms with E-state index in [0.29, 0.717) is 169 Å². The number of rotatable bonds is 15. The molecular weight excluding hydrogens is 1510 g/mol. The van der Waals surface area contributed by atoms with Gasteiger partial charge in [-0.15, -0.1) is 0 Å². The molecule has 15 nitrogen and oxygen atoms in total. The summed E-state index contributed by atoms with van der Waals surface area (Å²) >= 11 is 0. The number of fused-ring (bicyclic) bond motifs is 6. The molecule has 0 unspecified atom stereocenters. The van der Waals surface area contributed by atoms with Gasteiger partial charge in [0.15, 0.2) is 69.9 Å². The Labute approximate surface area is 680 Å². The minimum Gasteiger partial charge on any atom is -0.308 e. The highest BCUT2D eigenvalue weighted by atomic mass is 19.4. The Balaban J connectivity index is 0.920. The van der Waals surface area contributed by atoms with Crippen molar-refractivity contribution in [2.75, 3.05) is 0 Å². The summed E-state index contributed by atoms with van der Waals surface area (Å²) in [6.07, 6.45) is -10.6. The van der Waals surface area contributed by atoms with Crippen LogP contribution in [0, 0.1) is 11.3 Å². The first kappa shape index (κ1) is 72.7. The van der Waals surface area contributed by atoms with Crippen LogP contribution < -0.4 is 0 Å². The van der Waals surface area contributed by atoms with E-state index >= 15 is 26.3 Å². The Bertz CT molecular complexity index is 6390. The fourth-order valence-corrected chi connectivity index (χ4v) is 15.2. The van der Waals surface area contributed by atoms with Gasteiger partial charge in [-0.05, 0) is 65.7 Å². The Morgan fingerprint density at radius 1 is 0.200 bits per heavy atom. The lowest BCUT2D eigenvalue weighted by Crippen LogP contribution is -2.11. The van der Waals surface area contributed by atoms with E-state index in [1.54, 1.807) is 0 Å². The molecule has 0 fully saturated rings. The summed E-state index contributed by atoms with van der Waals surface area (Å²) in [7, 11) is 0. The van der Waals surface area contributed by atoms with Gasteiger partial charge in [-0.25, -0.2) is 59.8 Å². The monoisotopic (exact) mass is 1570 g/mol. The number of halogens is 6. The number of nitrogens with zero attached hydrogens (tertiary/aromatic N) is 15. The van der Waals surface area contributed by atoms with Gasteiger partial charge in [-0.1, -0.05) is 291 Å². The third-order valence-corrected chi connectivity index (χ3v) is 21.0. The smallest absolute Gasteiger partial charge is 0.308 e. The Morgan fingerprint density at radius 2 is 0.383 bits per heavy atom. The van der Waals surface area contributed by atoms with Gasteiger partial charge in [-0.3, -0.25) is 0 Å². The Kier molecular flexibility index (Phi) is 18.1. The SMILES string of the molecule is N#Cc1c(-n2c3cc(-c4nc(-c5ccccc5)nc(-c5ccccc5)n4)ccc3c3ccc(-c4nc(-c5ccccc5)nc(-c5ccccc5)n4)cc32)cc(-c2cc(C(F)(F)F)cc(C(F)(F)F)c2)cc1-n1c2cc(-c3nc(-c4ccccc4)nc(-c4ccccc4)n3)ccc2c2ccc(-c3nc(-c4ccccc4)nc(-c4ccccc4)n3)cc21. The molecule has 120 heavy (non-hydrogen) atoms. The van der Waals surface area contributed by atoms with E-state index in [9.17, 15) is 5.26 Å². The second-order valence-electron chi connectivity index (χ2n) is 28.5. The van der Waals surface area contributed by atoms with Crippen LogP contribution in [0.15, 0.2) is 346 Å². The predicted molar refractivity (Wildman–Crippen MR) is 454 cm³/mol. The predicted octanol–water partition coefficient (Wildman–Crippen LogP) is 24.2. The van der Waals surface area contributed by atoms with Crippen molar-refractivity contribution < 1.29 is 26.3 Å². The number of hydrogen-bond donors (Lipinski definition) is 0. The van der Waals surface area contributed by atoms with Gasteiger partial charge in [0.05, 0.1) is 44.6 Å². The molecule has 21 heteroatoms. The molecule has 0 aliphatic rings. The van der Waals surface area contributed by atoms with Crippen LogP contribution in [0.3, 0.4) is 0 Å². The second kappa shape index (κ2) is 29.9. The molecule has 0 saturated carbocycles. The summed E-state index contributed by atoms with van der Waals surface area (Å²) < 4.78 is 97.7. The number of alkyl halides is 6. The maximum Gasteiger partial charge on any atom is 0.416 e. The van der Waals surface area contributed by atoms with Crippen LogP contribution in [0.2, 0.25) is 0 Å². The number of hydrogen-bond acceptors (Lipinski definition) is 13. The number of nitriles is 1. The van der Waals surface area contributed by atoms with Crippen molar-refractivity contribution in [2.24, 2.45) is 0 Å². The summed E-state index contributed by atoms with van der Waals surface area (Å²) in [5.41, 5.74) is 5.34. The van der Waals surface area contributed by atoms with Crippen LogP contribution in [0.1, 0.15) is 16.7 Å². The van der Waals surface area contributed by atoms with Crippen molar-refractivity contribution in [1.29, 1.82) is 5.26 Å². The maximum atomic E-state index is 15.7. The lowest BCUT2D eigenvalue weighted by molar-refractivity contribution is -0.143. The first-order chi connectivity index (χ1) is 58.6. The minimum absolute atomic E-state index is 0.0266. The number of benzene rings is 14. The fraction of sp³-hybridized carbons (Fsp3) is 0.0202. The molecule has 0 atom stereocenters. The van der Waals surface area contributed by atoms with Gasteiger partial charge in [0.1, 0.15) is 11.6 Å². The van der Waals surface area contributed by atoms with Crippen molar-refractivity contribution >= 4 is 43.6 Å². The van der Waals surface area contributed by atoms with Gasteiger partial charge in [0, 0.05) is 88.3 Å². The molecule has 0 radical (unpaired) electrons. The zero-order chi connectivity index (χ0) is 81.2. The zero-order valence-corrected chi connectivity index (χ0v) is 62.9. The molecule has 0 N–H and O–H groups in total.